The van der Waals surface area contributed by atoms with Gasteiger partial charge in [-0.1, -0.05) is 24.3 Å². The van der Waals surface area contributed by atoms with Crippen LogP contribution in [0.2, 0.25) is 0 Å². The van der Waals surface area contributed by atoms with Gasteiger partial charge in [0, 0.05) is 6.54 Å². The van der Waals surface area contributed by atoms with Crippen LogP contribution in [-0.4, -0.2) is 31.9 Å². The predicted octanol–water partition coefficient (Wildman–Crippen LogP) is 2.80. The molecule has 25 heavy (non-hydrogen) atoms. The van der Waals surface area contributed by atoms with E-state index < -0.39 is 6.10 Å². The van der Waals surface area contributed by atoms with Gasteiger partial charge in [-0.25, -0.2) is 4.79 Å². The number of carbonyl (C=O) groups excluding carboxylic acids is 1. The highest BCUT2D eigenvalue weighted by Gasteiger charge is 2.13. The summed E-state index contributed by atoms with van der Waals surface area (Å²) < 4.78 is 10.3. The molecule has 0 aliphatic heterocycles. The van der Waals surface area contributed by atoms with Gasteiger partial charge in [-0.15, -0.1) is 0 Å². The number of benzene rings is 2. The second-order valence-electron chi connectivity index (χ2n) is 5.65. The van der Waals surface area contributed by atoms with E-state index in [1.807, 2.05) is 31.2 Å². The van der Waals surface area contributed by atoms with Gasteiger partial charge >= 0.3 is 6.03 Å². The summed E-state index contributed by atoms with van der Waals surface area (Å²) in [6.07, 6.45) is -0.812. The lowest BCUT2D eigenvalue weighted by atomic mass is 10.1. The lowest BCUT2D eigenvalue weighted by molar-refractivity contribution is 0.172. The van der Waals surface area contributed by atoms with Crippen LogP contribution in [0, 0.1) is 0 Å². The van der Waals surface area contributed by atoms with Crippen LogP contribution in [0.5, 0.6) is 11.5 Å². The molecule has 2 atom stereocenters. The highest BCUT2D eigenvalue weighted by molar-refractivity contribution is 5.74. The van der Waals surface area contributed by atoms with Crippen molar-refractivity contribution in [3.63, 3.8) is 0 Å². The number of amides is 2. The summed E-state index contributed by atoms with van der Waals surface area (Å²) in [4.78, 5) is 12.1. The molecule has 6 heteroatoms. The molecular formula is C19H24N2O4. The Balaban J connectivity index is 1.86. The molecule has 0 saturated heterocycles. The number of aliphatic hydroxyl groups is 1. The Hall–Kier alpha value is -2.73. The SMILES string of the molecule is COc1cccc(C(O)CNC(=O)NC(C)c2cccc(OC)c2)c1. The number of rotatable bonds is 7. The summed E-state index contributed by atoms with van der Waals surface area (Å²) in [7, 11) is 3.17. The molecular weight excluding hydrogens is 320 g/mol. The zero-order valence-corrected chi connectivity index (χ0v) is 14.7. The van der Waals surface area contributed by atoms with Crippen LogP contribution in [0.25, 0.3) is 0 Å². The molecule has 2 amide bonds. The first-order chi connectivity index (χ1) is 12.0. The monoisotopic (exact) mass is 344 g/mol. The Morgan fingerprint density at radius 3 is 2.20 bits per heavy atom. The number of methoxy groups -OCH3 is 2. The minimum absolute atomic E-state index is 0.101. The summed E-state index contributed by atoms with van der Waals surface area (Å²) in [6, 6.07) is 14.1. The molecule has 2 aromatic carbocycles. The number of ether oxygens (including phenoxy) is 2. The normalized spacial score (nSPS) is 12.8. The lowest BCUT2D eigenvalue weighted by Crippen LogP contribution is -2.39. The fourth-order valence-electron chi connectivity index (χ4n) is 2.40. The molecule has 0 aliphatic carbocycles. The number of carbonyl (C=O) groups is 1. The first kappa shape index (κ1) is 18.6. The number of urea groups is 1. The maximum atomic E-state index is 12.1. The van der Waals surface area contributed by atoms with E-state index in [0.717, 1.165) is 11.3 Å². The molecule has 3 N–H and O–H groups in total. The van der Waals surface area contributed by atoms with E-state index in [9.17, 15) is 9.90 Å². The van der Waals surface area contributed by atoms with E-state index in [2.05, 4.69) is 10.6 Å². The zero-order chi connectivity index (χ0) is 18.2. The smallest absolute Gasteiger partial charge is 0.315 e. The number of hydrogen-bond acceptors (Lipinski definition) is 4. The summed E-state index contributed by atoms with van der Waals surface area (Å²) in [5.74, 6) is 1.40. The fraction of sp³-hybridized carbons (Fsp3) is 0.316. The third-order valence-electron chi connectivity index (χ3n) is 3.88. The zero-order valence-electron chi connectivity index (χ0n) is 14.7. The predicted molar refractivity (Wildman–Crippen MR) is 95.9 cm³/mol. The van der Waals surface area contributed by atoms with Crippen LogP contribution < -0.4 is 20.1 Å². The van der Waals surface area contributed by atoms with E-state index >= 15 is 0 Å². The Kier molecular flexibility index (Phi) is 6.65. The Bertz CT molecular complexity index is 705. The highest BCUT2D eigenvalue weighted by atomic mass is 16.5. The topological polar surface area (TPSA) is 79.8 Å². The van der Waals surface area contributed by atoms with Crippen LogP contribution in [0.3, 0.4) is 0 Å². The van der Waals surface area contributed by atoms with Crippen molar-refractivity contribution in [3.05, 3.63) is 59.7 Å². The van der Waals surface area contributed by atoms with Crippen molar-refractivity contribution in [2.24, 2.45) is 0 Å². The number of aliphatic hydroxyl groups excluding tert-OH is 1. The lowest BCUT2D eigenvalue weighted by Gasteiger charge is -2.17. The average molecular weight is 344 g/mol. The quantitative estimate of drug-likeness (QED) is 0.721. The molecule has 2 unspecified atom stereocenters. The third-order valence-corrected chi connectivity index (χ3v) is 3.88. The summed E-state index contributed by atoms with van der Waals surface area (Å²) in [5, 5.41) is 15.7. The first-order valence-electron chi connectivity index (χ1n) is 8.03. The third kappa shape index (κ3) is 5.39. The standard InChI is InChI=1S/C19H24N2O4/c1-13(14-6-4-8-16(10-14)24-2)21-19(23)20-12-18(22)15-7-5-9-17(11-15)25-3/h4-11,13,18,22H,12H2,1-3H3,(H2,20,21,23). The van der Waals surface area contributed by atoms with Gasteiger partial charge in [0.2, 0.25) is 0 Å². The average Bonchev–Trinajstić information content (AvgIpc) is 2.66. The summed E-state index contributed by atoms with van der Waals surface area (Å²) in [5.41, 5.74) is 1.61. The van der Waals surface area contributed by atoms with Crippen molar-refractivity contribution in [1.82, 2.24) is 10.6 Å². The van der Waals surface area contributed by atoms with Crippen molar-refractivity contribution in [2.75, 3.05) is 20.8 Å². The summed E-state index contributed by atoms with van der Waals surface area (Å²) in [6.45, 7) is 1.98. The van der Waals surface area contributed by atoms with Gasteiger partial charge in [0.15, 0.2) is 0 Å². The molecule has 0 aliphatic rings. The molecule has 2 aromatic rings. The minimum atomic E-state index is -0.812. The van der Waals surface area contributed by atoms with Crippen LogP contribution in [0.1, 0.15) is 30.2 Å². The van der Waals surface area contributed by atoms with E-state index in [1.54, 1.807) is 38.5 Å². The minimum Gasteiger partial charge on any atom is -0.497 e. The van der Waals surface area contributed by atoms with Crippen LogP contribution in [0.4, 0.5) is 4.79 Å². The van der Waals surface area contributed by atoms with Gasteiger partial charge < -0.3 is 25.2 Å². The van der Waals surface area contributed by atoms with Crippen LogP contribution in [-0.2, 0) is 0 Å². The van der Waals surface area contributed by atoms with Crippen LogP contribution in [0.15, 0.2) is 48.5 Å². The molecule has 2 rings (SSSR count). The molecule has 0 radical (unpaired) electrons. The van der Waals surface area contributed by atoms with E-state index in [1.165, 1.54) is 0 Å². The van der Waals surface area contributed by atoms with Crippen molar-refractivity contribution in [3.8, 4) is 11.5 Å². The van der Waals surface area contributed by atoms with Gasteiger partial charge in [-0.3, -0.25) is 0 Å². The second-order valence-corrected chi connectivity index (χ2v) is 5.65. The molecule has 134 valence electrons. The van der Waals surface area contributed by atoms with Gasteiger partial charge in [-0.05, 0) is 42.3 Å². The van der Waals surface area contributed by atoms with Gasteiger partial charge in [0.1, 0.15) is 11.5 Å². The van der Waals surface area contributed by atoms with Crippen molar-refractivity contribution < 1.29 is 19.4 Å². The fourth-order valence-corrected chi connectivity index (χ4v) is 2.40. The second kappa shape index (κ2) is 8.94. The molecule has 0 fully saturated rings. The largest absolute Gasteiger partial charge is 0.497 e. The molecule has 0 saturated carbocycles. The van der Waals surface area contributed by atoms with E-state index in [4.69, 9.17) is 9.47 Å². The summed E-state index contributed by atoms with van der Waals surface area (Å²) >= 11 is 0. The Labute approximate surface area is 147 Å². The maximum absolute atomic E-state index is 12.1. The van der Waals surface area contributed by atoms with Crippen molar-refractivity contribution in [2.45, 2.75) is 19.1 Å². The Morgan fingerprint density at radius 2 is 1.60 bits per heavy atom. The van der Waals surface area contributed by atoms with Crippen molar-refractivity contribution >= 4 is 6.03 Å². The number of nitrogens with one attached hydrogen (secondary N) is 2. The molecule has 0 heterocycles. The van der Waals surface area contributed by atoms with Gasteiger partial charge in [0.25, 0.3) is 0 Å². The first-order valence-corrected chi connectivity index (χ1v) is 8.03. The van der Waals surface area contributed by atoms with Gasteiger partial charge in [-0.2, -0.15) is 0 Å². The molecule has 0 aromatic heterocycles. The van der Waals surface area contributed by atoms with Crippen molar-refractivity contribution in [1.29, 1.82) is 0 Å². The van der Waals surface area contributed by atoms with Crippen LogP contribution >= 0.6 is 0 Å². The van der Waals surface area contributed by atoms with Gasteiger partial charge in [0.05, 0.1) is 26.4 Å². The maximum Gasteiger partial charge on any atom is 0.315 e. The Morgan fingerprint density at radius 1 is 1.04 bits per heavy atom. The van der Waals surface area contributed by atoms with E-state index in [-0.39, 0.29) is 18.6 Å². The molecule has 0 spiro atoms. The highest BCUT2D eigenvalue weighted by Crippen LogP contribution is 2.19. The molecule has 0 bridgehead atoms. The number of hydrogen-bond donors (Lipinski definition) is 3. The molecule has 6 nitrogen and oxygen atoms in total. The van der Waals surface area contributed by atoms with E-state index in [0.29, 0.717) is 11.3 Å².